The fraction of sp³-hybridized carbons (Fsp3) is 0.143. The SMILES string of the molecule is CNc1ccc(-c2ccc(F)cc2)c(OC)c1. The third-order valence-electron chi connectivity index (χ3n) is 2.65. The smallest absolute Gasteiger partial charge is 0.128 e. The van der Waals surface area contributed by atoms with Crippen molar-refractivity contribution in [2.75, 3.05) is 19.5 Å². The van der Waals surface area contributed by atoms with E-state index in [-0.39, 0.29) is 5.82 Å². The molecule has 2 aromatic carbocycles. The van der Waals surface area contributed by atoms with Crippen LogP contribution in [0.25, 0.3) is 11.1 Å². The summed E-state index contributed by atoms with van der Waals surface area (Å²) in [7, 11) is 3.48. The summed E-state index contributed by atoms with van der Waals surface area (Å²) in [6.07, 6.45) is 0. The molecule has 0 aliphatic heterocycles. The van der Waals surface area contributed by atoms with Crippen LogP contribution in [-0.2, 0) is 0 Å². The highest BCUT2D eigenvalue weighted by Gasteiger charge is 2.06. The lowest BCUT2D eigenvalue weighted by Crippen LogP contribution is -1.92. The van der Waals surface area contributed by atoms with Gasteiger partial charge in [-0.05, 0) is 29.8 Å². The third-order valence-corrected chi connectivity index (χ3v) is 2.65. The number of nitrogens with one attached hydrogen (secondary N) is 1. The first-order chi connectivity index (χ1) is 8.24. The molecule has 0 heterocycles. The van der Waals surface area contributed by atoms with Gasteiger partial charge in [0.05, 0.1) is 7.11 Å². The van der Waals surface area contributed by atoms with E-state index in [0.717, 1.165) is 22.6 Å². The van der Waals surface area contributed by atoms with Crippen molar-refractivity contribution in [1.29, 1.82) is 0 Å². The van der Waals surface area contributed by atoms with E-state index >= 15 is 0 Å². The van der Waals surface area contributed by atoms with Crippen LogP contribution in [0.2, 0.25) is 0 Å². The maximum atomic E-state index is 12.9. The summed E-state index contributed by atoms with van der Waals surface area (Å²) < 4.78 is 18.2. The van der Waals surface area contributed by atoms with Crippen LogP contribution in [0, 0.1) is 5.82 Å². The Balaban J connectivity index is 2.47. The Morgan fingerprint density at radius 1 is 1.06 bits per heavy atom. The Bertz CT molecular complexity index is 508. The molecule has 0 spiro atoms. The van der Waals surface area contributed by atoms with Crippen molar-refractivity contribution in [1.82, 2.24) is 0 Å². The molecule has 2 aromatic rings. The highest BCUT2D eigenvalue weighted by Crippen LogP contribution is 2.32. The molecular formula is C14H14FNO. The van der Waals surface area contributed by atoms with E-state index in [4.69, 9.17) is 4.74 Å². The van der Waals surface area contributed by atoms with Crippen LogP contribution in [0.1, 0.15) is 0 Å². The molecule has 0 aliphatic rings. The molecule has 2 rings (SSSR count). The van der Waals surface area contributed by atoms with Gasteiger partial charge in [0.2, 0.25) is 0 Å². The topological polar surface area (TPSA) is 21.3 Å². The number of benzene rings is 2. The molecule has 1 N–H and O–H groups in total. The lowest BCUT2D eigenvalue weighted by atomic mass is 10.0. The molecular weight excluding hydrogens is 217 g/mol. The van der Waals surface area contributed by atoms with Gasteiger partial charge in [-0.25, -0.2) is 4.39 Å². The number of methoxy groups -OCH3 is 1. The number of rotatable bonds is 3. The van der Waals surface area contributed by atoms with Gasteiger partial charge in [0.25, 0.3) is 0 Å². The highest BCUT2D eigenvalue weighted by atomic mass is 19.1. The van der Waals surface area contributed by atoms with Crippen LogP contribution < -0.4 is 10.1 Å². The van der Waals surface area contributed by atoms with Gasteiger partial charge in [-0.1, -0.05) is 12.1 Å². The normalized spacial score (nSPS) is 10.1. The minimum Gasteiger partial charge on any atom is -0.496 e. The average Bonchev–Trinajstić information content (AvgIpc) is 2.39. The van der Waals surface area contributed by atoms with Crippen molar-refractivity contribution in [3.8, 4) is 16.9 Å². The number of halogens is 1. The summed E-state index contributed by atoms with van der Waals surface area (Å²) in [5.74, 6) is 0.531. The number of ether oxygens (including phenoxy) is 1. The summed E-state index contributed by atoms with van der Waals surface area (Å²) in [5.41, 5.74) is 2.87. The molecule has 2 nitrogen and oxygen atoms in total. The molecule has 0 bridgehead atoms. The van der Waals surface area contributed by atoms with E-state index < -0.39 is 0 Å². The minimum atomic E-state index is -0.237. The molecule has 0 atom stereocenters. The largest absolute Gasteiger partial charge is 0.496 e. The summed E-state index contributed by atoms with van der Waals surface area (Å²) in [6.45, 7) is 0. The Morgan fingerprint density at radius 3 is 2.35 bits per heavy atom. The van der Waals surface area contributed by atoms with Crippen LogP contribution >= 0.6 is 0 Å². The second kappa shape index (κ2) is 4.87. The molecule has 17 heavy (non-hydrogen) atoms. The molecule has 3 heteroatoms. The van der Waals surface area contributed by atoms with E-state index in [0.29, 0.717) is 0 Å². The quantitative estimate of drug-likeness (QED) is 0.872. The van der Waals surface area contributed by atoms with Crippen molar-refractivity contribution in [3.05, 3.63) is 48.3 Å². The number of hydrogen-bond donors (Lipinski definition) is 1. The van der Waals surface area contributed by atoms with Crippen molar-refractivity contribution in [2.24, 2.45) is 0 Å². The Kier molecular flexibility index (Phi) is 3.28. The van der Waals surface area contributed by atoms with Crippen molar-refractivity contribution in [3.63, 3.8) is 0 Å². The monoisotopic (exact) mass is 231 g/mol. The first-order valence-corrected chi connectivity index (χ1v) is 5.36. The van der Waals surface area contributed by atoms with E-state index in [1.54, 1.807) is 19.2 Å². The van der Waals surface area contributed by atoms with Gasteiger partial charge in [0, 0.05) is 24.4 Å². The van der Waals surface area contributed by atoms with E-state index in [9.17, 15) is 4.39 Å². The van der Waals surface area contributed by atoms with Gasteiger partial charge in [-0.3, -0.25) is 0 Å². The van der Waals surface area contributed by atoms with Gasteiger partial charge in [-0.15, -0.1) is 0 Å². The Morgan fingerprint density at radius 2 is 1.76 bits per heavy atom. The fourth-order valence-electron chi connectivity index (χ4n) is 1.71. The molecule has 0 aliphatic carbocycles. The second-order valence-electron chi connectivity index (χ2n) is 3.67. The summed E-state index contributed by atoms with van der Waals surface area (Å²) in [4.78, 5) is 0. The summed E-state index contributed by atoms with van der Waals surface area (Å²) in [5, 5.41) is 3.05. The van der Waals surface area contributed by atoms with Crippen LogP contribution in [0.15, 0.2) is 42.5 Å². The van der Waals surface area contributed by atoms with E-state index in [1.807, 2.05) is 25.2 Å². The van der Waals surface area contributed by atoms with E-state index in [1.165, 1.54) is 12.1 Å². The molecule has 0 saturated carbocycles. The average molecular weight is 231 g/mol. The standard InChI is InChI=1S/C14H14FNO/c1-16-12-7-8-13(14(9-12)17-2)10-3-5-11(15)6-4-10/h3-9,16H,1-2H3. The molecule has 0 saturated heterocycles. The number of anilines is 1. The van der Waals surface area contributed by atoms with Crippen molar-refractivity contribution in [2.45, 2.75) is 0 Å². The second-order valence-corrected chi connectivity index (χ2v) is 3.67. The predicted octanol–water partition coefficient (Wildman–Crippen LogP) is 3.54. The zero-order valence-electron chi connectivity index (χ0n) is 9.83. The minimum absolute atomic E-state index is 0.237. The lowest BCUT2D eigenvalue weighted by molar-refractivity contribution is 0.416. The molecule has 0 aromatic heterocycles. The zero-order chi connectivity index (χ0) is 12.3. The predicted molar refractivity (Wildman–Crippen MR) is 67.9 cm³/mol. The molecule has 0 radical (unpaired) electrons. The van der Waals surface area contributed by atoms with Crippen molar-refractivity contribution < 1.29 is 9.13 Å². The zero-order valence-corrected chi connectivity index (χ0v) is 9.83. The van der Waals surface area contributed by atoms with Crippen LogP contribution in [0.5, 0.6) is 5.75 Å². The van der Waals surface area contributed by atoms with E-state index in [2.05, 4.69) is 5.32 Å². The van der Waals surface area contributed by atoms with Crippen LogP contribution in [0.4, 0.5) is 10.1 Å². The maximum Gasteiger partial charge on any atom is 0.128 e. The van der Waals surface area contributed by atoms with Gasteiger partial charge in [0.1, 0.15) is 11.6 Å². The fourth-order valence-corrected chi connectivity index (χ4v) is 1.71. The molecule has 0 unspecified atom stereocenters. The summed E-state index contributed by atoms with van der Waals surface area (Å²) in [6, 6.07) is 12.2. The van der Waals surface area contributed by atoms with Gasteiger partial charge < -0.3 is 10.1 Å². The molecule has 0 amide bonds. The number of hydrogen-bond acceptors (Lipinski definition) is 2. The lowest BCUT2D eigenvalue weighted by Gasteiger charge is -2.10. The van der Waals surface area contributed by atoms with Crippen LogP contribution in [0.3, 0.4) is 0 Å². The highest BCUT2D eigenvalue weighted by molar-refractivity contribution is 5.73. The Hall–Kier alpha value is -2.03. The van der Waals surface area contributed by atoms with Gasteiger partial charge >= 0.3 is 0 Å². The molecule has 0 fully saturated rings. The van der Waals surface area contributed by atoms with Crippen molar-refractivity contribution >= 4 is 5.69 Å². The van der Waals surface area contributed by atoms with Gasteiger partial charge in [-0.2, -0.15) is 0 Å². The molecule has 88 valence electrons. The maximum absolute atomic E-state index is 12.9. The van der Waals surface area contributed by atoms with Crippen LogP contribution in [-0.4, -0.2) is 14.2 Å². The third kappa shape index (κ3) is 2.38. The summed E-state index contributed by atoms with van der Waals surface area (Å²) >= 11 is 0. The Labute approximate surface area is 100 Å². The van der Waals surface area contributed by atoms with Gasteiger partial charge in [0.15, 0.2) is 0 Å². The first-order valence-electron chi connectivity index (χ1n) is 5.36. The first kappa shape index (κ1) is 11.5.